The largest absolute Gasteiger partial charge is 0.341 e. The van der Waals surface area contributed by atoms with Crippen LogP contribution in [0.1, 0.15) is 25.5 Å². The molecule has 5 aromatic rings. The van der Waals surface area contributed by atoms with Gasteiger partial charge >= 0.3 is 0 Å². The molecular weight excluding hydrogens is 452 g/mol. The van der Waals surface area contributed by atoms with E-state index in [2.05, 4.69) is 26.7 Å². The molecule has 36 heavy (non-hydrogen) atoms. The van der Waals surface area contributed by atoms with E-state index in [0.717, 1.165) is 47.3 Å². The number of fused-ring (bicyclic) bond motifs is 4. The fourth-order valence-electron chi connectivity index (χ4n) is 5.02. The van der Waals surface area contributed by atoms with Crippen molar-refractivity contribution >= 4 is 38.9 Å². The molecule has 1 saturated heterocycles. The Labute approximate surface area is 207 Å². The van der Waals surface area contributed by atoms with Crippen molar-refractivity contribution in [3.8, 4) is 11.8 Å². The van der Waals surface area contributed by atoms with Gasteiger partial charge in [-0.1, -0.05) is 5.92 Å². The molecule has 1 atom stereocenters. The summed E-state index contributed by atoms with van der Waals surface area (Å²) in [4.78, 5) is 34.7. The molecule has 1 aliphatic heterocycles. The molecule has 9 heteroatoms. The minimum atomic E-state index is -0.136. The van der Waals surface area contributed by atoms with E-state index in [1.54, 1.807) is 30.1 Å². The van der Waals surface area contributed by atoms with Gasteiger partial charge in [-0.25, -0.2) is 9.97 Å². The fraction of sp³-hybridized carbons (Fsp3) is 0.296. The Morgan fingerprint density at radius 3 is 2.75 bits per heavy atom. The van der Waals surface area contributed by atoms with E-state index in [4.69, 9.17) is 15.7 Å². The van der Waals surface area contributed by atoms with Crippen LogP contribution in [-0.4, -0.2) is 48.2 Å². The highest BCUT2D eigenvalue weighted by molar-refractivity contribution is 6.02. The van der Waals surface area contributed by atoms with Crippen LogP contribution in [0.3, 0.4) is 0 Å². The van der Waals surface area contributed by atoms with Crippen LogP contribution in [0, 0.1) is 11.8 Å². The van der Waals surface area contributed by atoms with Gasteiger partial charge in [0.1, 0.15) is 5.52 Å². The number of hydrogen-bond donors (Lipinski definition) is 1. The standard InChI is InChI=1S/C27H26N8O/c1-2-3-14-35-25-21(32-27(35)34-13-6-7-18(28)16-34)10-15-33(26(25)36)17-22-24-19(8-4-11-30-24)23-20(31-22)9-5-12-29-23/h4-5,8-12,15,18H,6-7,13-14,16-17,28H2,1H3. The van der Waals surface area contributed by atoms with Crippen molar-refractivity contribution in [2.75, 3.05) is 18.0 Å². The minimum absolute atomic E-state index is 0.0928. The monoisotopic (exact) mass is 478 g/mol. The van der Waals surface area contributed by atoms with Gasteiger partial charge < -0.3 is 15.2 Å². The predicted octanol–water partition coefficient (Wildman–Crippen LogP) is 2.69. The summed E-state index contributed by atoms with van der Waals surface area (Å²) in [6, 6.07) is 9.65. The van der Waals surface area contributed by atoms with Crippen LogP contribution in [0.25, 0.3) is 33.0 Å². The molecule has 0 bridgehead atoms. The third kappa shape index (κ3) is 3.76. The lowest BCUT2D eigenvalue weighted by Crippen LogP contribution is -2.44. The van der Waals surface area contributed by atoms with Gasteiger partial charge in [-0.2, -0.15) is 0 Å². The lowest BCUT2D eigenvalue weighted by atomic mass is 10.1. The summed E-state index contributed by atoms with van der Waals surface area (Å²) in [7, 11) is 0. The Hall–Kier alpha value is -4.29. The van der Waals surface area contributed by atoms with Gasteiger partial charge in [0, 0.05) is 43.1 Å². The molecule has 1 aliphatic rings. The van der Waals surface area contributed by atoms with E-state index in [0.29, 0.717) is 29.8 Å². The summed E-state index contributed by atoms with van der Waals surface area (Å²) in [5.74, 6) is 6.81. The molecular formula is C27H26N8O. The number of imidazole rings is 1. The maximum absolute atomic E-state index is 13.8. The Bertz CT molecular complexity index is 1730. The van der Waals surface area contributed by atoms with Crippen molar-refractivity contribution in [2.45, 2.75) is 38.9 Å². The molecule has 1 fully saturated rings. The first-order valence-electron chi connectivity index (χ1n) is 12.1. The summed E-state index contributed by atoms with van der Waals surface area (Å²) >= 11 is 0. The van der Waals surface area contributed by atoms with E-state index in [1.807, 2.05) is 34.9 Å². The average molecular weight is 479 g/mol. The third-order valence-corrected chi connectivity index (χ3v) is 6.70. The highest BCUT2D eigenvalue weighted by Gasteiger charge is 2.24. The van der Waals surface area contributed by atoms with Crippen LogP contribution in [-0.2, 0) is 13.1 Å². The molecule has 0 aliphatic carbocycles. The number of rotatable bonds is 4. The van der Waals surface area contributed by atoms with Crippen LogP contribution in [0.4, 0.5) is 5.95 Å². The van der Waals surface area contributed by atoms with Gasteiger partial charge in [0.25, 0.3) is 5.56 Å². The lowest BCUT2D eigenvalue weighted by molar-refractivity contribution is 0.496. The van der Waals surface area contributed by atoms with Crippen LogP contribution in [0.2, 0.25) is 0 Å². The first-order valence-corrected chi connectivity index (χ1v) is 12.1. The number of piperidine rings is 1. The number of anilines is 1. The second-order valence-corrected chi connectivity index (χ2v) is 9.08. The highest BCUT2D eigenvalue weighted by atomic mass is 16.1. The fourth-order valence-corrected chi connectivity index (χ4v) is 5.02. The third-order valence-electron chi connectivity index (χ3n) is 6.70. The number of pyridine rings is 4. The Balaban J connectivity index is 1.49. The Morgan fingerprint density at radius 1 is 1.08 bits per heavy atom. The molecule has 6 rings (SSSR count). The molecule has 1 unspecified atom stereocenters. The molecule has 6 heterocycles. The van der Waals surface area contributed by atoms with Gasteiger partial charge in [0.2, 0.25) is 5.95 Å². The Kier molecular flexibility index (Phi) is 5.58. The zero-order valence-corrected chi connectivity index (χ0v) is 20.1. The van der Waals surface area contributed by atoms with Crippen molar-refractivity contribution < 1.29 is 0 Å². The van der Waals surface area contributed by atoms with Crippen molar-refractivity contribution in [3.05, 3.63) is 65.0 Å². The number of nitrogens with zero attached hydrogens (tertiary/aromatic N) is 7. The maximum atomic E-state index is 13.8. The SMILES string of the molecule is CC#CCn1c(N2CCCC(N)C2)nc2ccn(Cc3nc4cccnc4c4cccnc34)c(=O)c21. The highest BCUT2D eigenvalue weighted by Crippen LogP contribution is 2.25. The first kappa shape index (κ1) is 22.2. The first-order chi connectivity index (χ1) is 17.6. The quantitative estimate of drug-likeness (QED) is 0.313. The molecule has 2 N–H and O–H groups in total. The molecule has 0 amide bonds. The molecule has 0 radical (unpaired) electrons. The second-order valence-electron chi connectivity index (χ2n) is 9.08. The number of aromatic nitrogens is 6. The zero-order valence-electron chi connectivity index (χ0n) is 20.1. The average Bonchev–Trinajstić information content (AvgIpc) is 3.28. The molecule has 5 aromatic heterocycles. The summed E-state index contributed by atoms with van der Waals surface area (Å²) in [6.45, 7) is 4.03. The van der Waals surface area contributed by atoms with E-state index in [-0.39, 0.29) is 18.1 Å². The molecule has 0 aromatic carbocycles. The molecule has 180 valence electrons. The van der Waals surface area contributed by atoms with E-state index < -0.39 is 0 Å². The van der Waals surface area contributed by atoms with E-state index in [9.17, 15) is 4.79 Å². The van der Waals surface area contributed by atoms with E-state index in [1.165, 1.54) is 0 Å². The van der Waals surface area contributed by atoms with Crippen LogP contribution in [0.15, 0.2) is 53.7 Å². The smallest absolute Gasteiger partial charge is 0.277 e. The van der Waals surface area contributed by atoms with Crippen molar-refractivity contribution in [1.82, 2.24) is 29.1 Å². The normalized spacial score (nSPS) is 15.9. The zero-order chi connectivity index (χ0) is 24.6. The van der Waals surface area contributed by atoms with Crippen LogP contribution in [0.5, 0.6) is 0 Å². The van der Waals surface area contributed by atoms with Crippen molar-refractivity contribution in [3.63, 3.8) is 0 Å². The van der Waals surface area contributed by atoms with Gasteiger partial charge in [-0.05, 0) is 50.1 Å². The number of hydrogen-bond acceptors (Lipinski definition) is 7. The maximum Gasteiger partial charge on any atom is 0.277 e. The van der Waals surface area contributed by atoms with Crippen LogP contribution < -0.4 is 16.2 Å². The van der Waals surface area contributed by atoms with Gasteiger partial charge in [-0.3, -0.25) is 19.3 Å². The molecule has 9 nitrogen and oxygen atoms in total. The minimum Gasteiger partial charge on any atom is -0.341 e. The summed E-state index contributed by atoms with van der Waals surface area (Å²) < 4.78 is 3.60. The van der Waals surface area contributed by atoms with E-state index >= 15 is 0 Å². The topological polar surface area (TPSA) is 108 Å². The predicted molar refractivity (Wildman–Crippen MR) is 141 cm³/mol. The van der Waals surface area contributed by atoms with Crippen molar-refractivity contribution in [1.29, 1.82) is 0 Å². The lowest BCUT2D eigenvalue weighted by Gasteiger charge is -2.31. The Morgan fingerprint density at radius 2 is 1.92 bits per heavy atom. The van der Waals surface area contributed by atoms with Gasteiger partial charge in [0.15, 0.2) is 0 Å². The molecule has 0 spiro atoms. The van der Waals surface area contributed by atoms with Crippen molar-refractivity contribution in [2.24, 2.45) is 5.73 Å². The summed E-state index contributed by atoms with van der Waals surface area (Å²) in [5.41, 5.74) is 10.3. The molecule has 0 saturated carbocycles. The van der Waals surface area contributed by atoms with Crippen LogP contribution >= 0.6 is 0 Å². The summed E-state index contributed by atoms with van der Waals surface area (Å²) in [6.07, 6.45) is 7.26. The summed E-state index contributed by atoms with van der Waals surface area (Å²) in [5, 5.41) is 0.916. The second kappa shape index (κ2) is 9.06. The number of nitrogens with two attached hydrogens (primary N) is 1. The van der Waals surface area contributed by atoms with Gasteiger partial charge in [-0.15, -0.1) is 5.92 Å². The van der Waals surface area contributed by atoms with Gasteiger partial charge in [0.05, 0.1) is 40.9 Å².